The summed E-state index contributed by atoms with van der Waals surface area (Å²) in [5, 5.41) is 13.6. The van der Waals surface area contributed by atoms with E-state index < -0.39 is 5.82 Å². The van der Waals surface area contributed by atoms with Crippen LogP contribution in [-0.4, -0.2) is 32.0 Å². The van der Waals surface area contributed by atoms with Crippen molar-refractivity contribution in [3.8, 4) is 28.5 Å². The van der Waals surface area contributed by atoms with Crippen LogP contribution in [0.25, 0.3) is 38.9 Å². The zero-order chi connectivity index (χ0) is 22.4. The summed E-state index contributed by atoms with van der Waals surface area (Å²) in [5.41, 5.74) is 5.14. The zero-order valence-electron chi connectivity index (χ0n) is 17.9. The SMILES string of the molecule is N#Cc1ccc(-c2c(-c3ccc4nccn4c3)ncc3c2ccn3C[C@@H]2CCNC2)cc1F. The summed E-state index contributed by atoms with van der Waals surface area (Å²) in [6.45, 7) is 2.99. The number of halogens is 1. The van der Waals surface area contributed by atoms with E-state index in [4.69, 9.17) is 4.98 Å². The molecular formula is C26H21FN6. The van der Waals surface area contributed by atoms with Crippen LogP contribution in [0.5, 0.6) is 0 Å². The van der Waals surface area contributed by atoms with Crippen molar-refractivity contribution in [2.45, 2.75) is 13.0 Å². The van der Waals surface area contributed by atoms with Gasteiger partial charge in [0.1, 0.15) is 17.5 Å². The van der Waals surface area contributed by atoms with E-state index in [9.17, 15) is 9.65 Å². The zero-order valence-corrected chi connectivity index (χ0v) is 17.9. The Morgan fingerprint density at radius 3 is 2.85 bits per heavy atom. The molecule has 0 radical (unpaired) electrons. The molecule has 0 spiro atoms. The van der Waals surface area contributed by atoms with Gasteiger partial charge in [-0.05, 0) is 61.3 Å². The Kier molecular flexibility index (Phi) is 4.67. The Bertz CT molecular complexity index is 1530. The van der Waals surface area contributed by atoms with Gasteiger partial charge in [0.25, 0.3) is 0 Å². The van der Waals surface area contributed by atoms with Crippen LogP contribution in [0.2, 0.25) is 0 Å². The Balaban J connectivity index is 1.57. The van der Waals surface area contributed by atoms with Crippen molar-refractivity contribution in [3.05, 3.63) is 78.8 Å². The number of benzene rings is 1. The molecule has 0 bridgehead atoms. The van der Waals surface area contributed by atoms with Gasteiger partial charge in [-0.15, -0.1) is 0 Å². The van der Waals surface area contributed by atoms with Crippen molar-refractivity contribution in [3.63, 3.8) is 0 Å². The van der Waals surface area contributed by atoms with Gasteiger partial charge in [0.15, 0.2) is 0 Å². The molecule has 6 nitrogen and oxygen atoms in total. The van der Waals surface area contributed by atoms with Crippen LogP contribution < -0.4 is 5.32 Å². The molecule has 1 aromatic carbocycles. The van der Waals surface area contributed by atoms with Crippen LogP contribution in [0.1, 0.15) is 12.0 Å². The smallest absolute Gasteiger partial charge is 0.141 e. The molecule has 1 aliphatic heterocycles. The second-order valence-corrected chi connectivity index (χ2v) is 8.52. The number of hydrogen-bond acceptors (Lipinski definition) is 4. The van der Waals surface area contributed by atoms with Crippen LogP contribution in [0, 0.1) is 23.1 Å². The number of imidazole rings is 1. The van der Waals surface area contributed by atoms with Gasteiger partial charge in [-0.2, -0.15) is 5.26 Å². The Morgan fingerprint density at radius 2 is 2.03 bits per heavy atom. The lowest BCUT2D eigenvalue weighted by Gasteiger charge is -2.15. The highest BCUT2D eigenvalue weighted by molar-refractivity contribution is 6.01. The van der Waals surface area contributed by atoms with Gasteiger partial charge in [0.2, 0.25) is 0 Å². The van der Waals surface area contributed by atoms with Gasteiger partial charge in [0.05, 0.1) is 23.0 Å². The summed E-state index contributed by atoms with van der Waals surface area (Å²) >= 11 is 0. The number of fused-ring (bicyclic) bond motifs is 2. The summed E-state index contributed by atoms with van der Waals surface area (Å²) in [6.07, 6.45) is 10.8. The highest BCUT2D eigenvalue weighted by Gasteiger charge is 2.20. The number of hydrogen-bond donors (Lipinski definition) is 1. The predicted molar refractivity (Wildman–Crippen MR) is 125 cm³/mol. The molecule has 1 atom stereocenters. The van der Waals surface area contributed by atoms with Gasteiger partial charge in [0, 0.05) is 47.8 Å². The van der Waals surface area contributed by atoms with E-state index in [2.05, 4.69) is 27.1 Å². The van der Waals surface area contributed by atoms with Gasteiger partial charge in [-0.3, -0.25) is 4.98 Å². The predicted octanol–water partition coefficient (Wildman–Crippen LogP) is 4.64. The molecular weight excluding hydrogens is 415 g/mol. The molecule has 1 saturated heterocycles. The third-order valence-electron chi connectivity index (χ3n) is 6.49. The lowest BCUT2D eigenvalue weighted by molar-refractivity contribution is 0.491. The molecule has 4 aromatic heterocycles. The minimum absolute atomic E-state index is 0.0339. The fraction of sp³-hybridized carbons (Fsp3) is 0.192. The lowest BCUT2D eigenvalue weighted by Crippen LogP contribution is -2.14. The third kappa shape index (κ3) is 3.36. The van der Waals surface area contributed by atoms with E-state index in [1.165, 1.54) is 12.1 Å². The molecule has 33 heavy (non-hydrogen) atoms. The van der Waals surface area contributed by atoms with Crippen molar-refractivity contribution in [2.75, 3.05) is 13.1 Å². The van der Waals surface area contributed by atoms with Crippen LogP contribution in [0.3, 0.4) is 0 Å². The molecule has 0 aliphatic carbocycles. The van der Waals surface area contributed by atoms with E-state index in [1.54, 1.807) is 12.3 Å². The largest absolute Gasteiger partial charge is 0.346 e. The third-order valence-corrected chi connectivity index (χ3v) is 6.49. The fourth-order valence-corrected chi connectivity index (χ4v) is 4.80. The van der Waals surface area contributed by atoms with Gasteiger partial charge in [-0.25, -0.2) is 9.37 Å². The quantitative estimate of drug-likeness (QED) is 0.446. The van der Waals surface area contributed by atoms with Crippen LogP contribution in [-0.2, 0) is 6.54 Å². The summed E-state index contributed by atoms with van der Waals surface area (Å²) in [6, 6.07) is 12.7. The van der Waals surface area contributed by atoms with Crippen LogP contribution >= 0.6 is 0 Å². The first-order valence-corrected chi connectivity index (χ1v) is 11.0. The molecule has 1 N–H and O–H groups in total. The number of nitrogens with zero attached hydrogens (tertiary/aromatic N) is 5. The topological polar surface area (TPSA) is 70.9 Å². The molecule has 5 aromatic rings. The molecule has 1 fully saturated rings. The monoisotopic (exact) mass is 436 g/mol. The Morgan fingerprint density at radius 1 is 1.12 bits per heavy atom. The number of rotatable bonds is 4. The Labute approximate surface area is 189 Å². The molecule has 0 unspecified atom stereocenters. The summed E-state index contributed by atoms with van der Waals surface area (Å²) in [5.74, 6) is 0.0548. The highest BCUT2D eigenvalue weighted by atomic mass is 19.1. The standard InChI is InChI=1S/C26H21FN6/c27-22-11-18(1-2-19(22)12-28)25-21-6-9-32(15-17-5-7-29-13-17)23(21)14-31-26(25)20-3-4-24-30-8-10-33(24)16-20/h1-4,6,8-11,14,16-17,29H,5,7,13,15H2/t17-/m1/s1. The highest BCUT2D eigenvalue weighted by Crippen LogP contribution is 2.38. The minimum atomic E-state index is -0.528. The number of pyridine rings is 2. The number of nitrogens with one attached hydrogen (secondary N) is 1. The fourth-order valence-electron chi connectivity index (χ4n) is 4.80. The molecule has 162 valence electrons. The molecule has 5 heterocycles. The van der Waals surface area contributed by atoms with Gasteiger partial charge >= 0.3 is 0 Å². The van der Waals surface area contributed by atoms with Crippen molar-refractivity contribution < 1.29 is 4.39 Å². The van der Waals surface area contributed by atoms with Crippen LogP contribution in [0.4, 0.5) is 4.39 Å². The van der Waals surface area contributed by atoms with Crippen LogP contribution in [0.15, 0.2) is 67.4 Å². The first-order valence-electron chi connectivity index (χ1n) is 11.0. The van der Waals surface area contributed by atoms with Crippen molar-refractivity contribution in [1.82, 2.24) is 24.3 Å². The Hall–Kier alpha value is -4.02. The maximum Gasteiger partial charge on any atom is 0.141 e. The van der Waals surface area contributed by atoms with Crippen molar-refractivity contribution in [1.29, 1.82) is 5.26 Å². The molecule has 0 amide bonds. The van der Waals surface area contributed by atoms with Gasteiger partial charge in [-0.1, -0.05) is 6.07 Å². The van der Waals surface area contributed by atoms with E-state index in [-0.39, 0.29) is 5.56 Å². The second kappa shape index (κ2) is 7.84. The average molecular weight is 436 g/mol. The number of nitriles is 1. The van der Waals surface area contributed by atoms with Crippen molar-refractivity contribution in [2.24, 2.45) is 5.92 Å². The average Bonchev–Trinajstić information content (AvgIpc) is 3.60. The molecule has 6 rings (SSSR count). The second-order valence-electron chi connectivity index (χ2n) is 8.52. The van der Waals surface area contributed by atoms with E-state index in [1.807, 2.05) is 41.2 Å². The van der Waals surface area contributed by atoms with E-state index >= 15 is 0 Å². The lowest BCUT2D eigenvalue weighted by atomic mass is 9.96. The molecule has 7 heteroatoms. The summed E-state index contributed by atoms with van der Waals surface area (Å²) in [4.78, 5) is 9.19. The molecule has 0 saturated carbocycles. The summed E-state index contributed by atoms with van der Waals surface area (Å²) in [7, 11) is 0. The maximum atomic E-state index is 14.6. The van der Waals surface area contributed by atoms with Gasteiger partial charge < -0.3 is 14.3 Å². The molecule has 1 aliphatic rings. The first-order chi connectivity index (χ1) is 16.2. The first kappa shape index (κ1) is 19.6. The number of aromatic nitrogens is 4. The minimum Gasteiger partial charge on any atom is -0.346 e. The maximum absolute atomic E-state index is 14.6. The van der Waals surface area contributed by atoms with Crippen molar-refractivity contribution >= 4 is 16.6 Å². The normalized spacial score (nSPS) is 15.9. The summed E-state index contributed by atoms with van der Waals surface area (Å²) < 4.78 is 18.8. The van der Waals surface area contributed by atoms with E-state index in [0.29, 0.717) is 11.5 Å². The van der Waals surface area contributed by atoms with E-state index in [0.717, 1.165) is 59.4 Å².